The van der Waals surface area contributed by atoms with Gasteiger partial charge in [-0.05, 0) is 69.7 Å². The third-order valence-corrected chi connectivity index (χ3v) is 4.79. The molecule has 1 fully saturated rings. The minimum Gasteiger partial charge on any atom is -0.444 e. The Hall–Kier alpha value is -2.52. The average molecular weight is 401 g/mol. The van der Waals surface area contributed by atoms with Crippen LogP contribution >= 0.6 is 11.6 Å². The summed E-state index contributed by atoms with van der Waals surface area (Å²) in [5.41, 5.74) is 0.0542. The molecule has 0 spiro atoms. The second-order valence-corrected chi connectivity index (χ2v) is 8.49. The van der Waals surface area contributed by atoms with E-state index in [-0.39, 0.29) is 6.04 Å². The minimum absolute atomic E-state index is 0.0356. The second kappa shape index (κ2) is 8.24. The molecule has 0 unspecified atom stereocenters. The molecule has 6 nitrogen and oxygen atoms in total. The van der Waals surface area contributed by atoms with E-state index in [0.717, 1.165) is 42.4 Å². The van der Waals surface area contributed by atoms with Gasteiger partial charge in [-0.2, -0.15) is 5.26 Å². The summed E-state index contributed by atoms with van der Waals surface area (Å²) in [6.45, 7) is 7.01. The highest BCUT2D eigenvalue weighted by Gasteiger charge is 2.25. The van der Waals surface area contributed by atoms with E-state index < -0.39 is 11.7 Å². The highest BCUT2D eigenvalue weighted by atomic mass is 35.5. The van der Waals surface area contributed by atoms with Gasteiger partial charge in [-0.25, -0.2) is 9.78 Å². The number of carbonyl (C=O) groups excluding carboxylic acids is 1. The molecule has 28 heavy (non-hydrogen) atoms. The lowest BCUT2D eigenvalue weighted by atomic mass is 10.1. The van der Waals surface area contributed by atoms with Crippen LogP contribution in [0.1, 0.15) is 45.6 Å². The van der Waals surface area contributed by atoms with Crippen LogP contribution in [0.25, 0.3) is 10.8 Å². The van der Waals surface area contributed by atoms with E-state index in [0.29, 0.717) is 17.3 Å². The zero-order valence-electron chi connectivity index (χ0n) is 16.5. The van der Waals surface area contributed by atoms with Crippen LogP contribution in [-0.4, -0.2) is 35.8 Å². The van der Waals surface area contributed by atoms with Gasteiger partial charge in [-0.15, -0.1) is 0 Å². The molecule has 1 saturated heterocycles. The molecule has 0 aliphatic carbocycles. The number of benzene rings is 1. The molecule has 3 rings (SSSR count). The summed E-state index contributed by atoms with van der Waals surface area (Å²) in [6, 6.07) is 9.41. The van der Waals surface area contributed by atoms with Crippen molar-refractivity contribution in [3.63, 3.8) is 0 Å². The van der Waals surface area contributed by atoms with Crippen molar-refractivity contribution >= 4 is 34.3 Å². The third-order valence-electron chi connectivity index (χ3n) is 4.60. The molecule has 0 radical (unpaired) electrons. The largest absolute Gasteiger partial charge is 0.444 e. The summed E-state index contributed by atoms with van der Waals surface area (Å²) in [6.07, 6.45) is 2.49. The average Bonchev–Trinajstić information content (AvgIpc) is 2.84. The Bertz CT molecular complexity index is 917. The topological polar surface area (TPSA) is 78.2 Å². The Morgan fingerprint density at radius 3 is 2.86 bits per heavy atom. The van der Waals surface area contributed by atoms with Crippen molar-refractivity contribution in [2.75, 3.05) is 18.0 Å². The number of fused-ring (bicyclic) bond motifs is 1. The van der Waals surface area contributed by atoms with Crippen LogP contribution in [0.15, 0.2) is 24.3 Å². The predicted octanol–water partition coefficient (Wildman–Crippen LogP) is 4.64. The van der Waals surface area contributed by atoms with Gasteiger partial charge < -0.3 is 15.0 Å². The van der Waals surface area contributed by atoms with E-state index in [4.69, 9.17) is 21.6 Å². The van der Waals surface area contributed by atoms with E-state index >= 15 is 0 Å². The number of nitrogens with one attached hydrogen (secondary N) is 1. The fourth-order valence-electron chi connectivity index (χ4n) is 3.44. The molecule has 1 atom stereocenters. The van der Waals surface area contributed by atoms with Crippen LogP contribution in [0.2, 0.25) is 5.15 Å². The van der Waals surface area contributed by atoms with Gasteiger partial charge >= 0.3 is 6.09 Å². The van der Waals surface area contributed by atoms with Crippen molar-refractivity contribution in [3.05, 3.63) is 35.0 Å². The summed E-state index contributed by atoms with van der Waals surface area (Å²) in [4.78, 5) is 18.9. The SMILES string of the molecule is CC(C)(C)OC(=O)N[C@H]1CCCCN(c2nc(Cl)cc3cc(C#N)ccc23)C1. The monoisotopic (exact) mass is 400 g/mol. The molecular formula is C21H25ClN4O2. The van der Waals surface area contributed by atoms with Gasteiger partial charge in [0.2, 0.25) is 0 Å². The molecule has 7 heteroatoms. The molecule has 0 saturated carbocycles. The van der Waals surface area contributed by atoms with Crippen molar-refractivity contribution in [1.82, 2.24) is 10.3 Å². The maximum atomic E-state index is 12.2. The molecule has 1 amide bonds. The van der Waals surface area contributed by atoms with Crippen molar-refractivity contribution < 1.29 is 9.53 Å². The van der Waals surface area contributed by atoms with Crippen molar-refractivity contribution in [2.45, 2.75) is 51.7 Å². The Labute approximate surface area is 170 Å². The number of alkyl carbamates (subject to hydrolysis) is 1. The number of anilines is 1. The maximum Gasteiger partial charge on any atom is 0.407 e. The molecule has 1 aliphatic heterocycles. The van der Waals surface area contributed by atoms with Crippen molar-refractivity contribution in [1.29, 1.82) is 5.26 Å². The first-order chi connectivity index (χ1) is 13.2. The molecular weight excluding hydrogens is 376 g/mol. The smallest absolute Gasteiger partial charge is 0.407 e. The zero-order chi connectivity index (χ0) is 20.3. The van der Waals surface area contributed by atoms with Crippen LogP contribution < -0.4 is 10.2 Å². The van der Waals surface area contributed by atoms with Crippen LogP contribution in [-0.2, 0) is 4.74 Å². The summed E-state index contributed by atoms with van der Waals surface area (Å²) < 4.78 is 5.40. The van der Waals surface area contributed by atoms with Gasteiger partial charge in [0, 0.05) is 24.5 Å². The quantitative estimate of drug-likeness (QED) is 0.742. The Morgan fingerprint density at radius 1 is 1.36 bits per heavy atom. The molecule has 2 aromatic rings. The number of amides is 1. The van der Waals surface area contributed by atoms with E-state index in [2.05, 4.69) is 21.3 Å². The van der Waals surface area contributed by atoms with E-state index in [1.807, 2.05) is 32.9 Å². The summed E-state index contributed by atoms with van der Waals surface area (Å²) >= 11 is 6.26. The van der Waals surface area contributed by atoms with E-state index in [9.17, 15) is 4.79 Å². The number of halogens is 1. The fourth-order valence-corrected chi connectivity index (χ4v) is 3.64. The predicted molar refractivity (Wildman–Crippen MR) is 111 cm³/mol. The number of hydrogen-bond donors (Lipinski definition) is 1. The highest BCUT2D eigenvalue weighted by Crippen LogP contribution is 2.30. The molecule has 1 aromatic heterocycles. The standard InChI is InChI=1S/C21H25ClN4O2/c1-21(2,3)28-20(27)24-16-6-4-5-9-26(13-16)19-17-8-7-14(12-23)10-15(17)11-18(22)25-19/h7-8,10-11,16H,4-6,9,13H2,1-3H3,(H,24,27)/t16-/m0/s1. The first-order valence-corrected chi connectivity index (χ1v) is 9.88. The molecule has 0 bridgehead atoms. The van der Waals surface area contributed by atoms with Gasteiger partial charge in [-0.1, -0.05) is 11.6 Å². The van der Waals surface area contributed by atoms with Crippen LogP contribution in [0.5, 0.6) is 0 Å². The van der Waals surface area contributed by atoms with Crippen LogP contribution in [0.3, 0.4) is 0 Å². The fraction of sp³-hybridized carbons (Fsp3) is 0.476. The minimum atomic E-state index is -0.530. The van der Waals surface area contributed by atoms with E-state index in [1.54, 1.807) is 12.1 Å². The van der Waals surface area contributed by atoms with Crippen LogP contribution in [0, 0.1) is 11.3 Å². The number of ether oxygens (including phenoxy) is 1. The third kappa shape index (κ3) is 5.05. The Balaban J connectivity index is 1.86. The highest BCUT2D eigenvalue weighted by molar-refractivity contribution is 6.30. The Morgan fingerprint density at radius 2 is 2.14 bits per heavy atom. The molecule has 1 N–H and O–H groups in total. The first kappa shape index (κ1) is 20.2. The second-order valence-electron chi connectivity index (χ2n) is 8.10. The maximum absolute atomic E-state index is 12.2. The van der Waals surface area contributed by atoms with Gasteiger partial charge in [0.05, 0.1) is 11.6 Å². The number of rotatable bonds is 2. The first-order valence-electron chi connectivity index (χ1n) is 9.50. The van der Waals surface area contributed by atoms with Crippen molar-refractivity contribution in [3.8, 4) is 6.07 Å². The summed E-state index contributed by atoms with van der Waals surface area (Å²) in [7, 11) is 0. The summed E-state index contributed by atoms with van der Waals surface area (Å²) in [5.74, 6) is 0.782. The lowest BCUT2D eigenvalue weighted by Gasteiger charge is -2.28. The van der Waals surface area contributed by atoms with E-state index in [1.165, 1.54) is 0 Å². The van der Waals surface area contributed by atoms with Gasteiger partial charge in [0.15, 0.2) is 0 Å². The lowest BCUT2D eigenvalue weighted by molar-refractivity contribution is 0.0504. The Kier molecular flexibility index (Phi) is 5.95. The number of nitrogens with zero attached hydrogens (tertiary/aromatic N) is 3. The normalized spacial score (nSPS) is 17.7. The molecule has 1 aliphatic rings. The number of carbonyl (C=O) groups is 1. The zero-order valence-corrected chi connectivity index (χ0v) is 17.2. The molecule has 148 valence electrons. The van der Waals surface area contributed by atoms with Crippen molar-refractivity contribution in [2.24, 2.45) is 0 Å². The van der Waals surface area contributed by atoms with Gasteiger partial charge in [0.25, 0.3) is 0 Å². The summed E-state index contributed by atoms with van der Waals surface area (Å²) in [5, 5.41) is 14.4. The number of pyridine rings is 1. The lowest BCUT2D eigenvalue weighted by Crippen LogP contribution is -2.45. The number of nitriles is 1. The van der Waals surface area contributed by atoms with Gasteiger partial charge in [0.1, 0.15) is 16.6 Å². The van der Waals surface area contributed by atoms with Crippen LogP contribution in [0.4, 0.5) is 10.6 Å². The number of hydrogen-bond acceptors (Lipinski definition) is 5. The van der Waals surface area contributed by atoms with Gasteiger partial charge in [-0.3, -0.25) is 0 Å². The number of aromatic nitrogens is 1. The molecule has 1 aromatic carbocycles. The molecule has 2 heterocycles.